The molecular weight excluding hydrogens is 238 g/mol. The van der Waals surface area contributed by atoms with E-state index in [1.54, 1.807) is 0 Å². The van der Waals surface area contributed by atoms with E-state index in [-0.39, 0.29) is 12.6 Å². The van der Waals surface area contributed by atoms with E-state index >= 15 is 0 Å². The number of hydrogen-bond acceptors (Lipinski definition) is 4. The van der Waals surface area contributed by atoms with Crippen molar-refractivity contribution in [1.29, 1.82) is 0 Å². The van der Waals surface area contributed by atoms with Crippen molar-refractivity contribution in [1.82, 2.24) is 15.1 Å². The smallest absolute Gasteiger partial charge is 0.0585 e. The lowest BCUT2D eigenvalue weighted by molar-refractivity contribution is 0.0948. The van der Waals surface area contributed by atoms with Crippen molar-refractivity contribution in [2.75, 3.05) is 39.3 Å². The highest BCUT2D eigenvalue weighted by molar-refractivity contribution is 4.77. The van der Waals surface area contributed by atoms with Crippen LogP contribution in [0.5, 0.6) is 0 Å². The molecule has 0 radical (unpaired) electrons. The van der Waals surface area contributed by atoms with Gasteiger partial charge in [-0.2, -0.15) is 0 Å². The Morgan fingerprint density at radius 1 is 1.11 bits per heavy atom. The minimum Gasteiger partial charge on any atom is -0.395 e. The highest BCUT2D eigenvalue weighted by atomic mass is 16.3. The Labute approximate surface area is 119 Å². The summed E-state index contributed by atoms with van der Waals surface area (Å²) in [5.74, 6) is 0. The molecule has 0 aromatic heterocycles. The monoisotopic (exact) mass is 271 g/mol. The summed E-state index contributed by atoms with van der Waals surface area (Å²) in [5, 5.41) is 12.8. The first-order valence-corrected chi connectivity index (χ1v) is 7.90. The van der Waals surface area contributed by atoms with Gasteiger partial charge >= 0.3 is 0 Å². The maximum atomic E-state index is 9.36. The maximum Gasteiger partial charge on any atom is 0.0585 e. The normalized spacial score (nSPS) is 21.8. The predicted molar refractivity (Wildman–Crippen MR) is 81.5 cm³/mol. The molecule has 19 heavy (non-hydrogen) atoms. The standard InChI is InChI=1S/C15H33N3O/c1-5-14(4)18-10-8-17(9-11-18)7-6-15(12-19)16-13(2)3/h13-16,19H,5-12H2,1-4H3. The molecule has 1 saturated heterocycles. The second kappa shape index (κ2) is 8.90. The molecule has 2 unspecified atom stereocenters. The number of piperazine rings is 1. The SMILES string of the molecule is CCC(C)N1CCN(CCC(CO)NC(C)C)CC1. The first-order valence-electron chi connectivity index (χ1n) is 7.90. The average molecular weight is 271 g/mol. The van der Waals surface area contributed by atoms with Crippen molar-refractivity contribution < 1.29 is 5.11 Å². The summed E-state index contributed by atoms with van der Waals surface area (Å²) in [5.41, 5.74) is 0. The van der Waals surface area contributed by atoms with Gasteiger partial charge in [-0.15, -0.1) is 0 Å². The largest absolute Gasteiger partial charge is 0.395 e. The van der Waals surface area contributed by atoms with Gasteiger partial charge in [0.05, 0.1) is 6.61 Å². The van der Waals surface area contributed by atoms with E-state index in [0.29, 0.717) is 6.04 Å². The van der Waals surface area contributed by atoms with Gasteiger partial charge in [-0.1, -0.05) is 20.8 Å². The molecule has 4 heteroatoms. The van der Waals surface area contributed by atoms with Crippen molar-refractivity contribution in [3.8, 4) is 0 Å². The van der Waals surface area contributed by atoms with Crippen molar-refractivity contribution in [2.24, 2.45) is 0 Å². The molecule has 1 rings (SSSR count). The van der Waals surface area contributed by atoms with Gasteiger partial charge in [0.15, 0.2) is 0 Å². The quantitative estimate of drug-likeness (QED) is 0.695. The number of rotatable bonds is 8. The third kappa shape index (κ3) is 6.21. The molecule has 2 atom stereocenters. The molecule has 0 aliphatic carbocycles. The van der Waals surface area contributed by atoms with Gasteiger partial charge in [-0.3, -0.25) is 4.90 Å². The zero-order chi connectivity index (χ0) is 14.3. The minimum absolute atomic E-state index is 0.241. The molecule has 0 aromatic rings. The summed E-state index contributed by atoms with van der Waals surface area (Å²) in [6.07, 6.45) is 2.28. The second-order valence-electron chi connectivity index (χ2n) is 6.12. The van der Waals surface area contributed by atoms with Crippen LogP contribution in [0.1, 0.15) is 40.5 Å². The Kier molecular flexibility index (Phi) is 7.91. The summed E-state index contributed by atoms with van der Waals surface area (Å²) in [7, 11) is 0. The van der Waals surface area contributed by atoms with Crippen LogP contribution >= 0.6 is 0 Å². The third-order valence-electron chi connectivity index (χ3n) is 4.20. The van der Waals surface area contributed by atoms with Crippen molar-refractivity contribution in [3.63, 3.8) is 0 Å². The molecule has 0 spiro atoms. The molecule has 1 aliphatic rings. The van der Waals surface area contributed by atoms with Crippen molar-refractivity contribution in [2.45, 2.75) is 58.7 Å². The molecule has 0 amide bonds. The Morgan fingerprint density at radius 2 is 1.74 bits per heavy atom. The van der Waals surface area contributed by atoms with E-state index in [0.717, 1.165) is 19.0 Å². The van der Waals surface area contributed by atoms with Gasteiger partial charge in [0.25, 0.3) is 0 Å². The predicted octanol–water partition coefficient (Wildman–Crippen LogP) is 1.15. The maximum absolute atomic E-state index is 9.36. The second-order valence-corrected chi connectivity index (χ2v) is 6.12. The van der Waals surface area contributed by atoms with Crippen molar-refractivity contribution in [3.05, 3.63) is 0 Å². The highest BCUT2D eigenvalue weighted by Crippen LogP contribution is 2.09. The summed E-state index contributed by atoms with van der Waals surface area (Å²) in [4.78, 5) is 5.12. The molecule has 0 aromatic carbocycles. The van der Waals surface area contributed by atoms with Crippen LogP contribution in [0.25, 0.3) is 0 Å². The topological polar surface area (TPSA) is 38.7 Å². The lowest BCUT2D eigenvalue weighted by Crippen LogP contribution is -2.50. The van der Waals surface area contributed by atoms with E-state index in [4.69, 9.17) is 0 Å². The molecule has 4 nitrogen and oxygen atoms in total. The number of aliphatic hydroxyl groups excluding tert-OH is 1. The first-order chi connectivity index (χ1) is 9.06. The van der Waals surface area contributed by atoms with Gasteiger partial charge in [-0.25, -0.2) is 0 Å². The van der Waals surface area contributed by atoms with Gasteiger partial charge in [0, 0.05) is 44.3 Å². The van der Waals surface area contributed by atoms with Gasteiger partial charge in [-0.05, 0) is 26.3 Å². The minimum atomic E-state index is 0.241. The van der Waals surface area contributed by atoms with Gasteiger partial charge in [0.2, 0.25) is 0 Å². The number of aliphatic hydroxyl groups is 1. The molecule has 114 valence electrons. The van der Waals surface area contributed by atoms with Gasteiger partial charge in [0.1, 0.15) is 0 Å². The molecule has 1 heterocycles. The van der Waals surface area contributed by atoms with E-state index in [2.05, 4.69) is 42.8 Å². The van der Waals surface area contributed by atoms with Crippen LogP contribution in [0, 0.1) is 0 Å². The third-order valence-corrected chi connectivity index (χ3v) is 4.20. The van der Waals surface area contributed by atoms with E-state index in [1.807, 2.05) is 0 Å². The highest BCUT2D eigenvalue weighted by Gasteiger charge is 2.20. The van der Waals surface area contributed by atoms with E-state index < -0.39 is 0 Å². The first kappa shape index (κ1) is 16.9. The Morgan fingerprint density at radius 3 is 2.21 bits per heavy atom. The van der Waals surface area contributed by atoms with Crippen LogP contribution in [-0.4, -0.2) is 72.4 Å². The van der Waals surface area contributed by atoms with Crippen LogP contribution in [0.2, 0.25) is 0 Å². The fraction of sp³-hybridized carbons (Fsp3) is 1.00. The summed E-state index contributed by atoms with van der Waals surface area (Å²) in [6.45, 7) is 14.9. The van der Waals surface area contributed by atoms with Crippen LogP contribution in [0.4, 0.5) is 0 Å². The zero-order valence-corrected chi connectivity index (χ0v) is 13.2. The lowest BCUT2D eigenvalue weighted by atomic mass is 10.1. The Bertz CT molecular complexity index is 227. The number of hydrogen-bond donors (Lipinski definition) is 2. The van der Waals surface area contributed by atoms with Crippen LogP contribution in [-0.2, 0) is 0 Å². The molecule has 2 N–H and O–H groups in total. The Hall–Kier alpha value is -0.160. The zero-order valence-electron chi connectivity index (χ0n) is 13.2. The molecule has 0 saturated carbocycles. The number of nitrogens with one attached hydrogen (secondary N) is 1. The van der Waals surface area contributed by atoms with Crippen molar-refractivity contribution >= 4 is 0 Å². The average Bonchev–Trinajstić information content (AvgIpc) is 2.42. The van der Waals surface area contributed by atoms with Gasteiger partial charge < -0.3 is 15.3 Å². The fourth-order valence-electron chi connectivity index (χ4n) is 2.72. The summed E-state index contributed by atoms with van der Waals surface area (Å²) in [6, 6.07) is 1.40. The van der Waals surface area contributed by atoms with E-state index in [9.17, 15) is 5.11 Å². The fourth-order valence-corrected chi connectivity index (χ4v) is 2.72. The van der Waals surface area contributed by atoms with Crippen LogP contribution < -0.4 is 5.32 Å². The Balaban J connectivity index is 2.21. The van der Waals surface area contributed by atoms with Crippen LogP contribution in [0.15, 0.2) is 0 Å². The van der Waals surface area contributed by atoms with E-state index in [1.165, 1.54) is 32.6 Å². The summed E-state index contributed by atoms with van der Waals surface area (Å²) < 4.78 is 0. The number of nitrogens with zero attached hydrogens (tertiary/aromatic N) is 2. The molecule has 1 fully saturated rings. The molecule has 0 bridgehead atoms. The molecule has 1 aliphatic heterocycles. The summed E-state index contributed by atoms with van der Waals surface area (Å²) >= 11 is 0. The van der Waals surface area contributed by atoms with Crippen LogP contribution in [0.3, 0.4) is 0 Å². The lowest BCUT2D eigenvalue weighted by Gasteiger charge is -2.38. The molecular formula is C15H33N3O.